The van der Waals surface area contributed by atoms with Crippen molar-refractivity contribution >= 4 is 22.4 Å². The second kappa shape index (κ2) is 9.49. The first-order valence-electron chi connectivity index (χ1n) is 10.3. The van der Waals surface area contributed by atoms with Crippen LogP contribution in [0.5, 0.6) is 5.75 Å². The van der Waals surface area contributed by atoms with Gasteiger partial charge < -0.3 is 15.0 Å². The number of likely N-dealkylation sites (N-methyl/N-ethyl adjacent to an activating group) is 1. The molecule has 0 aliphatic rings. The van der Waals surface area contributed by atoms with Crippen molar-refractivity contribution in [2.24, 2.45) is 0 Å². The Morgan fingerprint density at radius 1 is 1.03 bits per heavy atom. The Bertz CT molecular complexity index is 1100. The molecule has 1 amide bonds. The molecule has 0 fully saturated rings. The minimum absolute atomic E-state index is 0.0427. The number of nitrogens with one attached hydrogen (secondary N) is 2. The topological polar surface area (TPSA) is 54.1 Å². The predicted octanol–water partition coefficient (Wildman–Crippen LogP) is 6.01. The van der Waals surface area contributed by atoms with E-state index >= 15 is 0 Å². The lowest BCUT2D eigenvalue weighted by Crippen LogP contribution is -2.22. The summed E-state index contributed by atoms with van der Waals surface area (Å²) in [4.78, 5) is 16.0. The molecule has 3 aromatic rings. The van der Waals surface area contributed by atoms with Crippen LogP contribution in [0.4, 0.5) is 0 Å². The van der Waals surface area contributed by atoms with Crippen LogP contribution in [0.1, 0.15) is 45.4 Å². The summed E-state index contributed by atoms with van der Waals surface area (Å²) < 4.78 is 5.97. The van der Waals surface area contributed by atoms with E-state index in [0.717, 1.165) is 56.6 Å². The number of allylic oxidation sites excluding steroid dienone is 2. The third-order valence-electron chi connectivity index (χ3n) is 5.31. The van der Waals surface area contributed by atoms with Crippen LogP contribution in [-0.4, -0.2) is 17.9 Å². The van der Waals surface area contributed by atoms with E-state index in [2.05, 4.69) is 48.4 Å². The fraction of sp³-hybridized carbons (Fsp3) is 0.269. The molecule has 0 spiro atoms. The van der Waals surface area contributed by atoms with Gasteiger partial charge in [0.2, 0.25) is 0 Å². The van der Waals surface area contributed by atoms with Crippen molar-refractivity contribution < 1.29 is 9.53 Å². The number of benzene rings is 2. The lowest BCUT2D eigenvalue weighted by atomic mass is 9.93. The van der Waals surface area contributed by atoms with Crippen LogP contribution in [0.25, 0.3) is 16.5 Å². The van der Waals surface area contributed by atoms with E-state index in [4.69, 9.17) is 4.74 Å². The first-order chi connectivity index (χ1) is 14.4. The number of aromatic nitrogens is 1. The monoisotopic (exact) mass is 402 g/mol. The Morgan fingerprint density at radius 3 is 2.40 bits per heavy atom. The van der Waals surface area contributed by atoms with E-state index < -0.39 is 0 Å². The highest BCUT2D eigenvalue weighted by atomic mass is 16.5. The minimum atomic E-state index is -0.0427. The molecule has 2 N–H and O–H groups in total. The lowest BCUT2D eigenvalue weighted by Gasteiger charge is -2.15. The number of hydrogen-bond donors (Lipinski definition) is 2. The molecule has 156 valence electrons. The van der Waals surface area contributed by atoms with Crippen LogP contribution in [-0.2, 0) is 11.4 Å². The highest BCUT2D eigenvalue weighted by Gasteiger charge is 2.17. The summed E-state index contributed by atoms with van der Waals surface area (Å²) in [5.41, 5.74) is 7.13. The fourth-order valence-electron chi connectivity index (χ4n) is 3.73. The van der Waals surface area contributed by atoms with Crippen molar-refractivity contribution in [3.05, 3.63) is 82.6 Å². The Labute approximate surface area is 178 Å². The standard InChI is InChI=1S/C26H30N2O2/c1-6-22(25(17(2)3)26(29)27-5)18(4)24-15-20-14-21(12-13-23(20)28-24)30-16-19-10-8-7-9-11-19/h7-15,28H,6,16H2,1-5H3,(H,27,29)/b22-18-. The van der Waals surface area contributed by atoms with Crippen molar-refractivity contribution in [1.29, 1.82) is 0 Å². The molecule has 4 heteroatoms. The molecule has 30 heavy (non-hydrogen) atoms. The first-order valence-corrected chi connectivity index (χ1v) is 10.3. The van der Waals surface area contributed by atoms with Crippen LogP contribution < -0.4 is 10.1 Å². The summed E-state index contributed by atoms with van der Waals surface area (Å²) in [6, 6.07) is 18.3. The minimum Gasteiger partial charge on any atom is -0.489 e. The molecule has 0 atom stereocenters. The van der Waals surface area contributed by atoms with Gasteiger partial charge >= 0.3 is 0 Å². The van der Waals surface area contributed by atoms with E-state index in [0.29, 0.717) is 6.61 Å². The molecule has 4 nitrogen and oxygen atoms in total. The van der Waals surface area contributed by atoms with Crippen molar-refractivity contribution in [2.75, 3.05) is 7.05 Å². The average molecular weight is 403 g/mol. The van der Waals surface area contributed by atoms with Gasteiger partial charge in [0, 0.05) is 29.2 Å². The molecule has 0 radical (unpaired) electrons. The summed E-state index contributed by atoms with van der Waals surface area (Å²) in [7, 11) is 1.67. The second-order valence-corrected chi connectivity index (χ2v) is 7.62. The number of carbonyl (C=O) groups excluding carboxylic acids is 1. The summed E-state index contributed by atoms with van der Waals surface area (Å²) >= 11 is 0. The zero-order valence-electron chi connectivity index (χ0n) is 18.4. The number of aromatic amines is 1. The molecule has 0 unspecified atom stereocenters. The predicted molar refractivity (Wildman–Crippen MR) is 124 cm³/mol. The van der Waals surface area contributed by atoms with Crippen molar-refractivity contribution in [3.8, 4) is 5.75 Å². The number of H-pyrrole nitrogens is 1. The maximum absolute atomic E-state index is 12.5. The molecule has 1 aromatic heterocycles. The quantitative estimate of drug-likeness (QED) is 0.375. The van der Waals surface area contributed by atoms with Crippen LogP contribution in [0.15, 0.2) is 71.3 Å². The number of amides is 1. The second-order valence-electron chi connectivity index (χ2n) is 7.62. The largest absolute Gasteiger partial charge is 0.489 e. The Kier molecular flexibility index (Phi) is 6.78. The molecule has 1 heterocycles. The third-order valence-corrected chi connectivity index (χ3v) is 5.31. The molecular weight excluding hydrogens is 372 g/mol. The van der Waals surface area contributed by atoms with Gasteiger partial charge in [0.25, 0.3) is 5.91 Å². The molecular formula is C26H30N2O2. The number of rotatable bonds is 7. The third kappa shape index (κ3) is 4.65. The maximum Gasteiger partial charge on any atom is 0.251 e. The van der Waals surface area contributed by atoms with Gasteiger partial charge in [0.1, 0.15) is 12.4 Å². The smallest absolute Gasteiger partial charge is 0.251 e. The van der Waals surface area contributed by atoms with Gasteiger partial charge in [0.05, 0.1) is 0 Å². The van der Waals surface area contributed by atoms with E-state index in [9.17, 15) is 4.79 Å². The van der Waals surface area contributed by atoms with Crippen LogP contribution in [0.2, 0.25) is 0 Å². The van der Waals surface area contributed by atoms with Crippen LogP contribution >= 0.6 is 0 Å². The summed E-state index contributed by atoms with van der Waals surface area (Å²) in [5, 5.41) is 3.86. The van der Waals surface area contributed by atoms with Gasteiger partial charge in [-0.3, -0.25) is 4.79 Å². The van der Waals surface area contributed by atoms with E-state index in [1.54, 1.807) is 7.05 Å². The van der Waals surface area contributed by atoms with Gasteiger partial charge in [-0.2, -0.15) is 0 Å². The number of fused-ring (bicyclic) bond motifs is 1. The van der Waals surface area contributed by atoms with Gasteiger partial charge in [-0.25, -0.2) is 0 Å². The molecule has 0 bridgehead atoms. The number of ether oxygens (including phenoxy) is 1. The van der Waals surface area contributed by atoms with Crippen LogP contribution in [0, 0.1) is 0 Å². The van der Waals surface area contributed by atoms with Crippen molar-refractivity contribution in [2.45, 2.75) is 40.7 Å². The SMILES string of the molecule is CC/C(C(C(=O)NC)=C(C)C)=C(\C)c1cc2cc(OCc3ccccc3)ccc2[nH]1. The molecule has 2 aromatic carbocycles. The zero-order chi connectivity index (χ0) is 21.7. The Morgan fingerprint density at radius 2 is 1.77 bits per heavy atom. The molecule has 0 aliphatic heterocycles. The van der Waals surface area contributed by atoms with Crippen molar-refractivity contribution in [3.63, 3.8) is 0 Å². The van der Waals surface area contributed by atoms with Gasteiger partial charge in [-0.05, 0) is 68.2 Å². The molecule has 0 aliphatic carbocycles. The normalized spacial score (nSPS) is 11.8. The van der Waals surface area contributed by atoms with E-state index in [1.165, 1.54) is 0 Å². The molecule has 3 rings (SSSR count). The van der Waals surface area contributed by atoms with Crippen molar-refractivity contribution in [1.82, 2.24) is 10.3 Å². The van der Waals surface area contributed by atoms with Gasteiger partial charge in [0.15, 0.2) is 0 Å². The van der Waals surface area contributed by atoms with Gasteiger partial charge in [-0.1, -0.05) is 42.8 Å². The van der Waals surface area contributed by atoms with Gasteiger partial charge in [-0.15, -0.1) is 0 Å². The zero-order valence-corrected chi connectivity index (χ0v) is 18.4. The highest BCUT2D eigenvalue weighted by molar-refractivity contribution is 6.01. The van der Waals surface area contributed by atoms with E-state index in [1.807, 2.05) is 44.2 Å². The van der Waals surface area contributed by atoms with E-state index in [-0.39, 0.29) is 5.91 Å². The molecule has 0 saturated heterocycles. The van der Waals surface area contributed by atoms with Crippen LogP contribution in [0.3, 0.4) is 0 Å². The Hall–Kier alpha value is -3.27. The number of hydrogen-bond acceptors (Lipinski definition) is 2. The number of carbonyl (C=O) groups is 1. The molecule has 0 saturated carbocycles. The maximum atomic E-state index is 12.5. The first kappa shape index (κ1) is 21.4. The summed E-state index contributed by atoms with van der Waals surface area (Å²) in [5.74, 6) is 0.795. The summed E-state index contributed by atoms with van der Waals surface area (Å²) in [6.45, 7) is 8.66. The fourth-order valence-corrected chi connectivity index (χ4v) is 3.73. The lowest BCUT2D eigenvalue weighted by molar-refractivity contribution is -0.116. The Balaban J connectivity index is 1.93. The summed E-state index contributed by atoms with van der Waals surface area (Å²) in [6.07, 6.45) is 0.778. The average Bonchev–Trinajstić information content (AvgIpc) is 3.19. The highest BCUT2D eigenvalue weighted by Crippen LogP contribution is 2.31.